The maximum atomic E-state index is 13.7. The number of aliphatic hydroxyl groups excluding tert-OH is 1. The van der Waals surface area contributed by atoms with Gasteiger partial charge in [-0.3, -0.25) is 10.4 Å². The topological polar surface area (TPSA) is 35.5 Å². The first kappa shape index (κ1) is 14.6. The van der Waals surface area contributed by atoms with Crippen LogP contribution in [0, 0.1) is 18.7 Å². The number of aryl methyl sites for hydroxylation is 1. The van der Waals surface area contributed by atoms with Crippen molar-refractivity contribution in [3.05, 3.63) is 53.0 Å². The molecular weight excluding hydrogens is 255 g/mol. The molecule has 0 unspecified atom stereocenters. The van der Waals surface area contributed by atoms with Gasteiger partial charge in [0.25, 0.3) is 0 Å². The highest BCUT2D eigenvalue weighted by Gasteiger charge is 2.14. The molecule has 1 aromatic rings. The predicted molar refractivity (Wildman–Crippen MR) is 79.0 cm³/mol. The molecule has 108 valence electrons. The maximum absolute atomic E-state index is 13.7. The van der Waals surface area contributed by atoms with Crippen LogP contribution in [-0.2, 0) is 0 Å². The van der Waals surface area contributed by atoms with E-state index in [1.807, 2.05) is 23.4 Å². The minimum atomic E-state index is -0.222. The molecule has 1 aromatic carbocycles. The van der Waals surface area contributed by atoms with Crippen molar-refractivity contribution in [1.82, 2.24) is 10.4 Å². The SMILES string of the molecule is Cc1ccc(C2=CC(CO)=CN(CC(C)C)N2)cc1F. The number of nitrogens with zero attached hydrogens (tertiary/aromatic N) is 1. The van der Waals surface area contributed by atoms with Crippen molar-refractivity contribution < 1.29 is 9.50 Å². The molecule has 0 bridgehead atoms. The van der Waals surface area contributed by atoms with E-state index in [9.17, 15) is 9.50 Å². The lowest BCUT2D eigenvalue weighted by Crippen LogP contribution is -2.37. The Labute approximate surface area is 119 Å². The summed E-state index contributed by atoms with van der Waals surface area (Å²) in [5.74, 6) is 0.258. The summed E-state index contributed by atoms with van der Waals surface area (Å²) in [6.07, 6.45) is 3.73. The number of halogens is 1. The van der Waals surface area contributed by atoms with Gasteiger partial charge in [0.05, 0.1) is 12.3 Å². The number of hydrazine groups is 1. The highest BCUT2D eigenvalue weighted by atomic mass is 19.1. The van der Waals surface area contributed by atoms with E-state index in [0.29, 0.717) is 11.5 Å². The Bertz CT molecular complexity index is 549. The molecule has 1 aliphatic heterocycles. The molecule has 3 nitrogen and oxygen atoms in total. The molecule has 0 amide bonds. The first-order valence-electron chi connectivity index (χ1n) is 6.82. The Morgan fingerprint density at radius 1 is 1.35 bits per heavy atom. The normalized spacial score (nSPS) is 15.0. The van der Waals surface area contributed by atoms with Crippen molar-refractivity contribution in [1.29, 1.82) is 0 Å². The van der Waals surface area contributed by atoms with Gasteiger partial charge in [0, 0.05) is 18.3 Å². The van der Waals surface area contributed by atoms with E-state index in [1.165, 1.54) is 6.07 Å². The zero-order valence-corrected chi connectivity index (χ0v) is 12.2. The van der Waals surface area contributed by atoms with Crippen LogP contribution in [0.25, 0.3) is 5.70 Å². The summed E-state index contributed by atoms with van der Waals surface area (Å²) in [6, 6.07) is 5.16. The molecule has 0 aromatic heterocycles. The van der Waals surface area contributed by atoms with Crippen LogP contribution in [0.2, 0.25) is 0 Å². The van der Waals surface area contributed by atoms with Crippen molar-refractivity contribution in [2.24, 2.45) is 5.92 Å². The number of hydrogen-bond acceptors (Lipinski definition) is 3. The van der Waals surface area contributed by atoms with Gasteiger partial charge in [-0.2, -0.15) is 0 Å². The van der Waals surface area contributed by atoms with Crippen LogP contribution in [0.3, 0.4) is 0 Å². The second kappa shape index (κ2) is 6.09. The second-order valence-electron chi connectivity index (χ2n) is 5.54. The Morgan fingerprint density at radius 3 is 2.70 bits per heavy atom. The highest BCUT2D eigenvalue weighted by molar-refractivity contribution is 5.67. The molecule has 0 aliphatic carbocycles. The molecule has 1 aliphatic rings. The van der Waals surface area contributed by atoms with Crippen LogP contribution < -0.4 is 5.43 Å². The van der Waals surface area contributed by atoms with Crippen molar-refractivity contribution in [2.75, 3.05) is 13.2 Å². The van der Waals surface area contributed by atoms with Crippen molar-refractivity contribution in [3.8, 4) is 0 Å². The maximum Gasteiger partial charge on any atom is 0.126 e. The third kappa shape index (κ3) is 3.39. The first-order chi connectivity index (χ1) is 9.49. The number of rotatable bonds is 4. The van der Waals surface area contributed by atoms with Crippen LogP contribution >= 0.6 is 0 Å². The molecule has 0 saturated heterocycles. The molecular formula is C16H21FN2O. The average Bonchev–Trinajstić information content (AvgIpc) is 2.40. The van der Waals surface area contributed by atoms with E-state index in [-0.39, 0.29) is 12.4 Å². The smallest absolute Gasteiger partial charge is 0.126 e. The lowest BCUT2D eigenvalue weighted by atomic mass is 10.1. The predicted octanol–water partition coefficient (Wildman–Crippen LogP) is 2.83. The van der Waals surface area contributed by atoms with E-state index >= 15 is 0 Å². The van der Waals surface area contributed by atoms with E-state index < -0.39 is 0 Å². The Morgan fingerprint density at radius 2 is 2.10 bits per heavy atom. The molecule has 0 fully saturated rings. The van der Waals surface area contributed by atoms with Crippen molar-refractivity contribution in [2.45, 2.75) is 20.8 Å². The largest absolute Gasteiger partial charge is 0.392 e. The summed E-state index contributed by atoms with van der Waals surface area (Å²) >= 11 is 0. The van der Waals surface area contributed by atoms with Crippen LogP contribution in [0.1, 0.15) is 25.0 Å². The Hall–Kier alpha value is -1.81. The van der Waals surface area contributed by atoms with Gasteiger partial charge in [0.2, 0.25) is 0 Å². The van der Waals surface area contributed by atoms with Gasteiger partial charge in [0.15, 0.2) is 0 Å². The summed E-state index contributed by atoms with van der Waals surface area (Å²) in [7, 11) is 0. The molecule has 0 saturated carbocycles. The molecule has 2 N–H and O–H groups in total. The van der Waals surface area contributed by atoms with Crippen LogP contribution in [0.15, 0.2) is 36.0 Å². The van der Waals surface area contributed by atoms with Crippen LogP contribution in [0.5, 0.6) is 0 Å². The Balaban J connectivity index is 2.28. The van der Waals surface area contributed by atoms with Gasteiger partial charge >= 0.3 is 0 Å². The van der Waals surface area contributed by atoms with E-state index in [2.05, 4.69) is 19.3 Å². The van der Waals surface area contributed by atoms with Gasteiger partial charge < -0.3 is 5.11 Å². The quantitative estimate of drug-likeness (QED) is 0.887. The molecule has 20 heavy (non-hydrogen) atoms. The molecule has 0 spiro atoms. The van der Waals surface area contributed by atoms with Crippen LogP contribution in [0.4, 0.5) is 4.39 Å². The number of aliphatic hydroxyl groups is 1. The monoisotopic (exact) mass is 276 g/mol. The number of hydrogen-bond donors (Lipinski definition) is 2. The van der Waals surface area contributed by atoms with E-state index in [1.54, 1.807) is 13.0 Å². The second-order valence-corrected chi connectivity index (χ2v) is 5.54. The fourth-order valence-corrected chi connectivity index (χ4v) is 2.13. The zero-order valence-electron chi connectivity index (χ0n) is 12.2. The first-order valence-corrected chi connectivity index (χ1v) is 6.82. The zero-order chi connectivity index (χ0) is 14.7. The van der Waals surface area contributed by atoms with Crippen molar-refractivity contribution in [3.63, 3.8) is 0 Å². The molecule has 4 heteroatoms. The van der Waals surface area contributed by atoms with Crippen LogP contribution in [-0.4, -0.2) is 23.3 Å². The summed E-state index contributed by atoms with van der Waals surface area (Å²) in [4.78, 5) is 0. The summed E-state index contributed by atoms with van der Waals surface area (Å²) in [5.41, 5.74) is 6.27. The lowest BCUT2D eigenvalue weighted by molar-refractivity contribution is 0.271. The highest BCUT2D eigenvalue weighted by Crippen LogP contribution is 2.21. The Kier molecular flexibility index (Phi) is 4.45. The minimum absolute atomic E-state index is 0.0336. The summed E-state index contributed by atoms with van der Waals surface area (Å²) in [5, 5.41) is 11.3. The summed E-state index contributed by atoms with van der Waals surface area (Å²) < 4.78 is 13.7. The fourth-order valence-electron chi connectivity index (χ4n) is 2.13. The van der Waals surface area contributed by atoms with Gasteiger partial charge in [-0.1, -0.05) is 26.0 Å². The van der Waals surface area contributed by atoms with Gasteiger partial charge in [-0.15, -0.1) is 0 Å². The average molecular weight is 276 g/mol. The third-order valence-corrected chi connectivity index (χ3v) is 3.14. The van der Waals surface area contributed by atoms with Gasteiger partial charge in [0.1, 0.15) is 5.82 Å². The molecule has 0 radical (unpaired) electrons. The molecule has 1 heterocycles. The van der Waals surface area contributed by atoms with Gasteiger partial charge in [-0.05, 0) is 36.1 Å². The minimum Gasteiger partial charge on any atom is -0.392 e. The van der Waals surface area contributed by atoms with E-state index in [0.717, 1.165) is 23.4 Å². The standard InChI is InChI=1S/C16H21FN2O/c1-11(2)8-19-9-13(10-20)6-16(18-19)14-5-4-12(3)15(17)7-14/h4-7,9,11,18,20H,8,10H2,1-3H3. The molecule has 0 atom stereocenters. The summed E-state index contributed by atoms with van der Waals surface area (Å²) in [6.45, 7) is 6.77. The lowest BCUT2D eigenvalue weighted by Gasteiger charge is -2.30. The number of nitrogens with one attached hydrogen (secondary N) is 1. The van der Waals surface area contributed by atoms with Gasteiger partial charge in [-0.25, -0.2) is 4.39 Å². The molecule has 2 rings (SSSR count). The van der Waals surface area contributed by atoms with E-state index in [4.69, 9.17) is 0 Å². The third-order valence-electron chi connectivity index (χ3n) is 3.14. The number of benzene rings is 1. The van der Waals surface area contributed by atoms with Crippen molar-refractivity contribution >= 4 is 5.70 Å². The fraction of sp³-hybridized carbons (Fsp3) is 0.375.